The summed E-state index contributed by atoms with van der Waals surface area (Å²) in [4.78, 5) is 4.23. The van der Waals surface area contributed by atoms with Crippen LogP contribution in [0.3, 0.4) is 0 Å². The molecule has 0 saturated carbocycles. The van der Waals surface area contributed by atoms with Crippen molar-refractivity contribution in [3.05, 3.63) is 33.7 Å². The molecule has 1 N–H and O–H groups in total. The highest BCUT2D eigenvalue weighted by atomic mass is 35.5. The summed E-state index contributed by atoms with van der Waals surface area (Å²) in [6, 6.07) is 5.86. The molecular formula is C16H19BClNO3S. The predicted molar refractivity (Wildman–Crippen MR) is 95.8 cm³/mol. The van der Waals surface area contributed by atoms with E-state index < -0.39 is 18.3 Å². The largest absolute Gasteiger partial charge is 0.492 e. The molecule has 1 aliphatic heterocycles. The van der Waals surface area contributed by atoms with Crippen molar-refractivity contribution in [2.45, 2.75) is 38.9 Å². The Hall–Kier alpha value is -0.915. The number of fused-ring (bicyclic) bond motifs is 1. The molecule has 0 unspecified atom stereocenters. The Labute approximate surface area is 145 Å². The second-order valence-corrected chi connectivity index (χ2v) is 8.27. The molecule has 0 atom stereocenters. The van der Waals surface area contributed by atoms with Crippen molar-refractivity contribution in [1.82, 2.24) is 4.98 Å². The highest BCUT2D eigenvalue weighted by Gasteiger charge is 2.52. The minimum atomic E-state index is -0.550. The van der Waals surface area contributed by atoms with E-state index in [-0.39, 0.29) is 6.61 Å². The lowest BCUT2D eigenvalue weighted by atomic mass is 9.77. The molecule has 23 heavy (non-hydrogen) atoms. The summed E-state index contributed by atoms with van der Waals surface area (Å²) < 4.78 is 13.5. The molecule has 1 aromatic carbocycles. The summed E-state index contributed by atoms with van der Waals surface area (Å²) >= 11 is 7.38. The van der Waals surface area contributed by atoms with Crippen LogP contribution in [0.15, 0.2) is 23.7 Å². The fraction of sp³-hybridized carbons (Fsp3) is 0.438. The molecule has 2 aromatic rings. The van der Waals surface area contributed by atoms with Crippen molar-refractivity contribution in [2.75, 3.05) is 6.61 Å². The zero-order chi connectivity index (χ0) is 16.8. The summed E-state index contributed by atoms with van der Waals surface area (Å²) in [6.07, 6.45) is 1.90. The van der Waals surface area contributed by atoms with E-state index >= 15 is 0 Å². The molecule has 1 fully saturated rings. The molecule has 7 heteroatoms. The number of aromatic nitrogens is 1. The Kier molecular flexibility index (Phi) is 4.32. The van der Waals surface area contributed by atoms with E-state index in [1.54, 1.807) is 0 Å². The van der Waals surface area contributed by atoms with E-state index in [0.29, 0.717) is 9.94 Å². The first-order valence-corrected chi connectivity index (χ1v) is 8.64. The summed E-state index contributed by atoms with van der Waals surface area (Å²) in [5, 5.41) is 9.75. The van der Waals surface area contributed by atoms with Gasteiger partial charge in [-0.2, -0.15) is 0 Å². The van der Waals surface area contributed by atoms with Crippen molar-refractivity contribution >= 4 is 46.3 Å². The normalized spacial score (nSPS) is 20.4. The fourth-order valence-electron chi connectivity index (χ4n) is 2.40. The van der Waals surface area contributed by atoms with Gasteiger partial charge in [0.15, 0.2) is 4.47 Å². The van der Waals surface area contributed by atoms with E-state index in [1.807, 2.05) is 52.0 Å². The van der Waals surface area contributed by atoms with Crippen LogP contribution in [0.25, 0.3) is 16.3 Å². The Balaban J connectivity index is 1.92. The number of rotatable bonds is 3. The van der Waals surface area contributed by atoms with Crippen LogP contribution < -0.4 is 0 Å². The molecule has 1 saturated heterocycles. The van der Waals surface area contributed by atoms with Crippen LogP contribution in [0.2, 0.25) is 4.47 Å². The second-order valence-electron chi connectivity index (χ2n) is 6.66. The van der Waals surface area contributed by atoms with Crippen molar-refractivity contribution < 1.29 is 14.4 Å². The van der Waals surface area contributed by atoms with Gasteiger partial charge in [-0.05, 0) is 50.9 Å². The number of halogens is 1. The first-order valence-electron chi connectivity index (χ1n) is 7.45. The number of hydrogen-bond donors (Lipinski definition) is 1. The summed E-state index contributed by atoms with van der Waals surface area (Å²) in [7, 11) is -0.550. The molecular weight excluding hydrogens is 333 g/mol. The first-order chi connectivity index (χ1) is 10.7. The predicted octanol–water partition coefficient (Wildman–Crippen LogP) is 3.96. The Bertz CT molecular complexity index is 756. The number of thiazole rings is 1. The molecule has 0 aliphatic carbocycles. The van der Waals surface area contributed by atoms with Gasteiger partial charge >= 0.3 is 7.12 Å². The quantitative estimate of drug-likeness (QED) is 0.851. The molecule has 122 valence electrons. The monoisotopic (exact) mass is 351 g/mol. The zero-order valence-corrected chi connectivity index (χ0v) is 15.2. The maximum absolute atomic E-state index is 9.75. The average molecular weight is 352 g/mol. The molecule has 0 spiro atoms. The van der Waals surface area contributed by atoms with Gasteiger partial charge in [0.05, 0.1) is 28.0 Å². The smallest absolute Gasteiger partial charge is 0.400 e. The van der Waals surface area contributed by atoms with E-state index in [4.69, 9.17) is 20.9 Å². The van der Waals surface area contributed by atoms with Crippen LogP contribution in [-0.4, -0.2) is 35.0 Å². The maximum atomic E-state index is 9.75. The third-order valence-electron chi connectivity index (χ3n) is 4.48. The number of benzene rings is 1. The van der Waals surface area contributed by atoms with Crippen LogP contribution in [-0.2, 0) is 9.31 Å². The SMILES string of the molecule is CC1(C)OB(C(=Cc2ccc3nc(Cl)sc3c2)CO)OC1(C)C. The number of nitrogens with zero attached hydrogens (tertiary/aromatic N) is 1. The van der Waals surface area contributed by atoms with E-state index in [2.05, 4.69) is 4.98 Å². The summed E-state index contributed by atoms with van der Waals surface area (Å²) in [5.41, 5.74) is 1.66. The van der Waals surface area contributed by atoms with Gasteiger partial charge in [0, 0.05) is 0 Å². The zero-order valence-electron chi connectivity index (χ0n) is 13.6. The molecule has 3 rings (SSSR count). The van der Waals surface area contributed by atoms with Crippen LogP contribution in [0.4, 0.5) is 0 Å². The van der Waals surface area contributed by atoms with Gasteiger partial charge in [0.25, 0.3) is 0 Å². The van der Waals surface area contributed by atoms with Gasteiger partial charge in [0.1, 0.15) is 0 Å². The van der Waals surface area contributed by atoms with Crippen LogP contribution in [0.1, 0.15) is 33.3 Å². The maximum Gasteiger partial charge on any atom is 0.492 e. The lowest BCUT2D eigenvalue weighted by Gasteiger charge is -2.32. The molecule has 1 aliphatic rings. The van der Waals surface area contributed by atoms with E-state index in [0.717, 1.165) is 15.8 Å². The fourth-order valence-corrected chi connectivity index (χ4v) is 3.48. The van der Waals surface area contributed by atoms with Gasteiger partial charge in [-0.15, -0.1) is 11.3 Å². The van der Waals surface area contributed by atoms with E-state index in [1.165, 1.54) is 11.3 Å². The number of aliphatic hydroxyl groups excluding tert-OH is 1. The number of hydrogen-bond acceptors (Lipinski definition) is 5. The van der Waals surface area contributed by atoms with Crippen molar-refractivity contribution in [2.24, 2.45) is 0 Å². The summed E-state index contributed by atoms with van der Waals surface area (Å²) in [5.74, 6) is 0. The molecule has 0 radical (unpaired) electrons. The van der Waals surface area contributed by atoms with Gasteiger partial charge in [-0.25, -0.2) is 4.98 Å². The van der Waals surface area contributed by atoms with Crippen molar-refractivity contribution in [3.63, 3.8) is 0 Å². The Morgan fingerprint density at radius 2 is 1.96 bits per heavy atom. The Morgan fingerprint density at radius 3 is 2.57 bits per heavy atom. The molecule has 0 amide bonds. The number of aliphatic hydroxyl groups is 1. The minimum absolute atomic E-state index is 0.127. The van der Waals surface area contributed by atoms with Crippen molar-refractivity contribution in [3.8, 4) is 0 Å². The summed E-state index contributed by atoms with van der Waals surface area (Å²) in [6.45, 7) is 7.85. The van der Waals surface area contributed by atoms with Gasteiger partial charge in [-0.3, -0.25) is 0 Å². The van der Waals surface area contributed by atoms with Gasteiger partial charge < -0.3 is 14.4 Å². The van der Waals surface area contributed by atoms with Crippen LogP contribution >= 0.6 is 22.9 Å². The Morgan fingerprint density at radius 1 is 1.30 bits per heavy atom. The molecule has 0 bridgehead atoms. The molecule has 4 nitrogen and oxygen atoms in total. The van der Waals surface area contributed by atoms with Crippen molar-refractivity contribution in [1.29, 1.82) is 0 Å². The first kappa shape index (κ1) is 16.9. The standard InChI is InChI=1S/C16H19BClNO3S/c1-15(2)16(3,4)22-17(21-15)11(9-20)7-10-5-6-12-13(8-10)23-14(18)19-12/h5-8,20H,9H2,1-4H3. The van der Waals surface area contributed by atoms with E-state index in [9.17, 15) is 5.11 Å². The average Bonchev–Trinajstić information content (AvgIpc) is 2.91. The highest BCUT2D eigenvalue weighted by Crippen LogP contribution is 2.39. The lowest BCUT2D eigenvalue weighted by Crippen LogP contribution is -2.41. The molecule has 1 aromatic heterocycles. The minimum Gasteiger partial charge on any atom is -0.400 e. The highest BCUT2D eigenvalue weighted by molar-refractivity contribution is 7.22. The van der Waals surface area contributed by atoms with Gasteiger partial charge in [-0.1, -0.05) is 23.7 Å². The lowest BCUT2D eigenvalue weighted by molar-refractivity contribution is 0.00578. The third kappa shape index (κ3) is 3.19. The molecule has 2 heterocycles. The van der Waals surface area contributed by atoms with Crippen LogP contribution in [0, 0.1) is 0 Å². The third-order valence-corrected chi connectivity index (χ3v) is 5.60. The topological polar surface area (TPSA) is 51.6 Å². The second kappa shape index (κ2) is 5.86. The van der Waals surface area contributed by atoms with Crippen LogP contribution in [0.5, 0.6) is 0 Å². The van der Waals surface area contributed by atoms with Gasteiger partial charge in [0.2, 0.25) is 0 Å².